The SMILES string of the molecule is O=S(=O)(c1ccc(Cl)cc1)c1nc(C=Cc2ccccc2)oc1NCc1ccco1. The van der Waals surface area contributed by atoms with Gasteiger partial charge >= 0.3 is 0 Å². The van der Waals surface area contributed by atoms with E-state index in [-0.39, 0.29) is 28.2 Å². The Labute approximate surface area is 178 Å². The Kier molecular flexibility index (Phi) is 5.74. The average Bonchev–Trinajstić information content (AvgIpc) is 3.42. The van der Waals surface area contributed by atoms with E-state index in [1.165, 1.54) is 30.5 Å². The molecule has 0 spiro atoms. The van der Waals surface area contributed by atoms with Crippen LogP contribution in [-0.4, -0.2) is 13.4 Å². The predicted octanol–water partition coefficient (Wildman–Crippen LogP) is 5.54. The van der Waals surface area contributed by atoms with Crippen molar-refractivity contribution in [3.05, 3.63) is 95.2 Å². The lowest BCUT2D eigenvalue weighted by molar-refractivity contribution is 0.508. The van der Waals surface area contributed by atoms with Crippen LogP contribution >= 0.6 is 11.6 Å². The highest BCUT2D eigenvalue weighted by Crippen LogP contribution is 2.30. The Hall–Kier alpha value is -3.29. The normalized spacial score (nSPS) is 11.8. The molecule has 1 N–H and O–H groups in total. The fraction of sp³-hybridized carbons (Fsp3) is 0.0455. The van der Waals surface area contributed by atoms with Crippen LogP contribution in [0.4, 0.5) is 5.88 Å². The highest BCUT2D eigenvalue weighted by molar-refractivity contribution is 7.91. The second-order valence-corrected chi connectivity index (χ2v) is 8.62. The van der Waals surface area contributed by atoms with Gasteiger partial charge in [-0.15, -0.1) is 0 Å². The molecule has 152 valence electrons. The van der Waals surface area contributed by atoms with E-state index in [0.717, 1.165) is 5.56 Å². The van der Waals surface area contributed by atoms with Crippen LogP contribution in [0.3, 0.4) is 0 Å². The largest absolute Gasteiger partial charge is 0.467 e. The summed E-state index contributed by atoms with van der Waals surface area (Å²) in [5, 5.41) is 3.20. The van der Waals surface area contributed by atoms with Crippen LogP contribution in [0.5, 0.6) is 0 Å². The number of nitrogens with zero attached hydrogens (tertiary/aromatic N) is 1. The van der Waals surface area contributed by atoms with E-state index in [2.05, 4.69) is 10.3 Å². The number of furan rings is 1. The Morgan fingerprint density at radius 1 is 0.967 bits per heavy atom. The molecule has 8 heteroatoms. The van der Waals surface area contributed by atoms with E-state index < -0.39 is 9.84 Å². The van der Waals surface area contributed by atoms with E-state index in [0.29, 0.717) is 10.8 Å². The van der Waals surface area contributed by atoms with Gasteiger partial charge < -0.3 is 14.2 Å². The zero-order valence-electron chi connectivity index (χ0n) is 15.7. The fourth-order valence-corrected chi connectivity index (χ4v) is 4.14. The molecule has 2 aromatic carbocycles. The molecule has 0 saturated carbocycles. The Morgan fingerprint density at radius 3 is 2.43 bits per heavy atom. The third-order valence-electron chi connectivity index (χ3n) is 4.21. The summed E-state index contributed by atoms with van der Waals surface area (Å²) in [5.74, 6) is 0.824. The first kappa shape index (κ1) is 20.0. The third-order valence-corrected chi connectivity index (χ3v) is 6.14. The summed E-state index contributed by atoms with van der Waals surface area (Å²) < 4.78 is 37.3. The molecular weight excluding hydrogens is 424 g/mol. The van der Waals surface area contributed by atoms with Crippen LogP contribution < -0.4 is 5.32 Å². The molecule has 0 bridgehead atoms. The zero-order valence-corrected chi connectivity index (χ0v) is 17.2. The quantitative estimate of drug-likeness (QED) is 0.406. The van der Waals surface area contributed by atoms with Gasteiger partial charge in [0.05, 0.1) is 17.7 Å². The molecule has 0 radical (unpaired) electrons. The van der Waals surface area contributed by atoms with Crippen molar-refractivity contribution in [3.63, 3.8) is 0 Å². The molecule has 6 nitrogen and oxygen atoms in total. The number of aromatic nitrogens is 1. The monoisotopic (exact) mass is 440 g/mol. The average molecular weight is 441 g/mol. The molecule has 0 aliphatic rings. The number of benzene rings is 2. The molecule has 0 amide bonds. The van der Waals surface area contributed by atoms with E-state index in [1.54, 1.807) is 24.3 Å². The number of oxazole rings is 1. The number of halogens is 1. The predicted molar refractivity (Wildman–Crippen MR) is 115 cm³/mol. The maximum atomic E-state index is 13.2. The minimum absolute atomic E-state index is 0.0362. The molecule has 0 unspecified atom stereocenters. The minimum Gasteiger partial charge on any atom is -0.467 e. The molecule has 30 heavy (non-hydrogen) atoms. The molecule has 0 aliphatic carbocycles. The van der Waals surface area contributed by atoms with Crippen LogP contribution in [-0.2, 0) is 16.4 Å². The summed E-state index contributed by atoms with van der Waals surface area (Å²) in [6.07, 6.45) is 4.95. The lowest BCUT2D eigenvalue weighted by Gasteiger charge is -2.05. The van der Waals surface area contributed by atoms with Gasteiger partial charge in [-0.1, -0.05) is 41.9 Å². The van der Waals surface area contributed by atoms with Gasteiger partial charge in [0, 0.05) is 11.1 Å². The van der Waals surface area contributed by atoms with E-state index >= 15 is 0 Å². The van der Waals surface area contributed by atoms with Gasteiger partial charge in [0.2, 0.25) is 26.6 Å². The highest BCUT2D eigenvalue weighted by atomic mass is 35.5. The first-order chi connectivity index (χ1) is 14.5. The van der Waals surface area contributed by atoms with Crippen molar-refractivity contribution in [2.24, 2.45) is 0 Å². The first-order valence-corrected chi connectivity index (χ1v) is 10.9. The van der Waals surface area contributed by atoms with Crippen molar-refractivity contribution in [3.8, 4) is 0 Å². The topological polar surface area (TPSA) is 85.3 Å². The fourth-order valence-electron chi connectivity index (χ4n) is 2.72. The Bertz CT molecular complexity index is 1250. The molecule has 4 rings (SSSR count). The van der Waals surface area contributed by atoms with Crippen LogP contribution in [0.2, 0.25) is 5.02 Å². The number of nitrogens with one attached hydrogen (secondary N) is 1. The number of rotatable bonds is 7. The van der Waals surface area contributed by atoms with Gasteiger partial charge in [-0.2, -0.15) is 4.98 Å². The van der Waals surface area contributed by atoms with Crippen LogP contribution in [0, 0.1) is 0 Å². The van der Waals surface area contributed by atoms with Gasteiger partial charge in [-0.05, 0) is 48.0 Å². The lowest BCUT2D eigenvalue weighted by Crippen LogP contribution is -2.07. The van der Waals surface area contributed by atoms with Crippen molar-refractivity contribution in [1.82, 2.24) is 4.98 Å². The molecular formula is C22H17ClN2O4S. The maximum Gasteiger partial charge on any atom is 0.234 e. The van der Waals surface area contributed by atoms with Gasteiger partial charge in [-0.3, -0.25) is 0 Å². The van der Waals surface area contributed by atoms with Crippen LogP contribution in [0.25, 0.3) is 12.2 Å². The van der Waals surface area contributed by atoms with Gasteiger partial charge in [-0.25, -0.2) is 8.42 Å². The summed E-state index contributed by atoms with van der Waals surface area (Å²) in [6.45, 7) is 0.243. The van der Waals surface area contributed by atoms with Crippen LogP contribution in [0.1, 0.15) is 17.2 Å². The second kappa shape index (κ2) is 8.61. The van der Waals surface area contributed by atoms with E-state index in [9.17, 15) is 8.42 Å². The number of hydrogen-bond donors (Lipinski definition) is 1. The molecule has 2 heterocycles. The lowest BCUT2D eigenvalue weighted by atomic mass is 10.2. The highest BCUT2D eigenvalue weighted by Gasteiger charge is 2.27. The van der Waals surface area contributed by atoms with Gasteiger partial charge in [0.15, 0.2) is 0 Å². The summed E-state index contributed by atoms with van der Waals surface area (Å²) in [4.78, 5) is 4.30. The van der Waals surface area contributed by atoms with Gasteiger partial charge in [0.25, 0.3) is 0 Å². The zero-order chi connectivity index (χ0) is 21.0. The standard InChI is InChI=1S/C22H17ClN2O4S/c23-17-9-11-19(12-10-17)30(26,27)22-21(24-15-18-7-4-14-28-18)29-20(25-22)13-8-16-5-2-1-3-6-16/h1-14,24H,15H2. The van der Waals surface area contributed by atoms with E-state index in [4.69, 9.17) is 20.4 Å². The van der Waals surface area contributed by atoms with E-state index in [1.807, 2.05) is 30.3 Å². The van der Waals surface area contributed by atoms with Crippen molar-refractivity contribution >= 4 is 39.5 Å². The number of sulfone groups is 1. The number of hydrogen-bond acceptors (Lipinski definition) is 6. The number of anilines is 1. The molecule has 2 aromatic heterocycles. The summed E-state index contributed by atoms with van der Waals surface area (Å²) >= 11 is 5.89. The second-order valence-electron chi connectivity index (χ2n) is 6.32. The molecule has 0 fully saturated rings. The molecule has 0 aliphatic heterocycles. The maximum absolute atomic E-state index is 13.2. The van der Waals surface area contributed by atoms with Crippen molar-refractivity contribution in [2.75, 3.05) is 5.32 Å². The summed E-state index contributed by atoms with van der Waals surface area (Å²) in [6, 6.07) is 19.0. The first-order valence-electron chi connectivity index (χ1n) is 9.03. The van der Waals surface area contributed by atoms with Crippen molar-refractivity contribution in [1.29, 1.82) is 0 Å². The van der Waals surface area contributed by atoms with Crippen molar-refractivity contribution in [2.45, 2.75) is 16.5 Å². The molecule has 4 aromatic rings. The minimum atomic E-state index is -3.93. The van der Waals surface area contributed by atoms with Crippen molar-refractivity contribution < 1.29 is 17.3 Å². The third kappa shape index (κ3) is 4.48. The molecule has 0 atom stereocenters. The summed E-state index contributed by atoms with van der Waals surface area (Å²) in [5.41, 5.74) is 0.933. The summed E-state index contributed by atoms with van der Waals surface area (Å²) in [7, 11) is -3.93. The molecule has 0 saturated heterocycles. The Balaban J connectivity index is 1.70. The Morgan fingerprint density at radius 2 is 1.73 bits per heavy atom. The smallest absolute Gasteiger partial charge is 0.234 e. The van der Waals surface area contributed by atoms with Gasteiger partial charge in [0.1, 0.15) is 5.76 Å². The van der Waals surface area contributed by atoms with Crippen LogP contribution in [0.15, 0.2) is 91.7 Å².